The number of carbonyl (C=O) groups is 1. The third-order valence-corrected chi connectivity index (χ3v) is 5.36. The molecule has 1 unspecified atom stereocenters. The van der Waals surface area contributed by atoms with Gasteiger partial charge in [0.15, 0.2) is 0 Å². The van der Waals surface area contributed by atoms with E-state index in [-0.39, 0.29) is 11.9 Å². The summed E-state index contributed by atoms with van der Waals surface area (Å²) in [5.74, 6) is 0.877. The SMILES string of the molecule is Cc1ccccc1-c1nnc(-c2ccc(C(=O)N(C)C(C)c3ccccc3)cc2)o1. The maximum absolute atomic E-state index is 12.9. The van der Waals surface area contributed by atoms with Crippen molar-refractivity contribution in [2.75, 3.05) is 7.05 Å². The van der Waals surface area contributed by atoms with Gasteiger partial charge >= 0.3 is 0 Å². The third kappa shape index (κ3) is 3.87. The Labute approximate surface area is 176 Å². The van der Waals surface area contributed by atoms with Crippen molar-refractivity contribution in [2.24, 2.45) is 0 Å². The van der Waals surface area contributed by atoms with Gasteiger partial charge in [-0.3, -0.25) is 4.79 Å². The highest BCUT2D eigenvalue weighted by Gasteiger charge is 2.19. The van der Waals surface area contributed by atoms with Crippen molar-refractivity contribution in [1.82, 2.24) is 15.1 Å². The van der Waals surface area contributed by atoms with Crippen LogP contribution < -0.4 is 0 Å². The molecule has 5 heteroatoms. The van der Waals surface area contributed by atoms with E-state index in [0.29, 0.717) is 17.3 Å². The predicted molar refractivity (Wildman–Crippen MR) is 117 cm³/mol. The Morgan fingerprint density at radius 1 is 0.867 bits per heavy atom. The van der Waals surface area contributed by atoms with Crippen LogP contribution in [0.2, 0.25) is 0 Å². The van der Waals surface area contributed by atoms with E-state index in [9.17, 15) is 4.79 Å². The van der Waals surface area contributed by atoms with E-state index in [1.807, 2.05) is 87.6 Å². The van der Waals surface area contributed by atoms with Crippen LogP contribution in [0.1, 0.15) is 34.5 Å². The second-order valence-corrected chi connectivity index (χ2v) is 7.31. The maximum atomic E-state index is 12.9. The molecule has 1 amide bonds. The molecule has 1 atom stereocenters. The first-order valence-corrected chi connectivity index (χ1v) is 9.86. The van der Waals surface area contributed by atoms with Gasteiger partial charge in [0.25, 0.3) is 5.91 Å². The van der Waals surface area contributed by atoms with Crippen molar-refractivity contribution in [3.05, 3.63) is 95.6 Å². The fourth-order valence-corrected chi connectivity index (χ4v) is 3.35. The lowest BCUT2D eigenvalue weighted by Gasteiger charge is -2.25. The Balaban J connectivity index is 1.52. The molecule has 0 spiro atoms. The van der Waals surface area contributed by atoms with Crippen molar-refractivity contribution in [1.29, 1.82) is 0 Å². The number of rotatable bonds is 5. The van der Waals surface area contributed by atoms with Crippen LogP contribution in [-0.4, -0.2) is 28.1 Å². The minimum Gasteiger partial charge on any atom is -0.416 e. The van der Waals surface area contributed by atoms with Crippen LogP contribution in [0, 0.1) is 6.92 Å². The Morgan fingerprint density at radius 2 is 1.50 bits per heavy atom. The van der Waals surface area contributed by atoms with Crippen molar-refractivity contribution < 1.29 is 9.21 Å². The van der Waals surface area contributed by atoms with E-state index in [1.54, 1.807) is 17.0 Å². The molecule has 1 aromatic heterocycles. The van der Waals surface area contributed by atoms with Crippen LogP contribution in [0.3, 0.4) is 0 Å². The molecule has 0 N–H and O–H groups in total. The molecule has 0 fully saturated rings. The van der Waals surface area contributed by atoms with Gasteiger partial charge in [-0.2, -0.15) is 0 Å². The summed E-state index contributed by atoms with van der Waals surface area (Å²) < 4.78 is 5.86. The Morgan fingerprint density at radius 3 is 2.20 bits per heavy atom. The smallest absolute Gasteiger partial charge is 0.254 e. The van der Waals surface area contributed by atoms with Crippen LogP contribution in [0.5, 0.6) is 0 Å². The van der Waals surface area contributed by atoms with Gasteiger partial charge in [-0.25, -0.2) is 0 Å². The molecule has 0 aliphatic rings. The van der Waals surface area contributed by atoms with Gasteiger partial charge in [0, 0.05) is 23.7 Å². The van der Waals surface area contributed by atoms with Gasteiger partial charge in [0.2, 0.25) is 11.8 Å². The number of nitrogens with zero attached hydrogens (tertiary/aromatic N) is 3. The summed E-state index contributed by atoms with van der Waals surface area (Å²) in [6.45, 7) is 4.03. The zero-order valence-corrected chi connectivity index (χ0v) is 17.2. The molecule has 5 nitrogen and oxygen atoms in total. The number of aryl methyl sites for hydroxylation is 1. The normalized spacial score (nSPS) is 11.8. The summed E-state index contributed by atoms with van der Waals surface area (Å²) in [5.41, 5.74) is 4.48. The minimum atomic E-state index is -0.0379. The minimum absolute atomic E-state index is 0.0222. The van der Waals surface area contributed by atoms with Crippen molar-refractivity contribution in [3.8, 4) is 22.9 Å². The molecule has 150 valence electrons. The fourth-order valence-electron chi connectivity index (χ4n) is 3.35. The van der Waals surface area contributed by atoms with E-state index in [4.69, 9.17) is 4.42 Å². The molecule has 3 aromatic carbocycles. The van der Waals surface area contributed by atoms with Gasteiger partial charge in [-0.1, -0.05) is 48.5 Å². The number of carbonyl (C=O) groups excluding carboxylic acids is 1. The standard InChI is InChI=1S/C25H23N3O2/c1-17-9-7-8-12-22(17)24-27-26-23(30-24)20-13-15-21(16-14-20)25(29)28(3)18(2)19-10-5-4-6-11-19/h4-16,18H,1-3H3. The van der Waals surface area contributed by atoms with Crippen LogP contribution in [-0.2, 0) is 0 Å². The number of amides is 1. The van der Waals surface area contributed by atoms with Gasteiger partial charge in [-0.05, 0) is 55.3 Å². The molecule has 0 radical (unpaired) electrons. The van der Waals surface area contributed by atoms with E-state index >= 15 is 0 Å². The molecular formula is C25H23N3O2. The highest BCUT2D eigenvalue weighted by Crippen LogP contribution is 2.27. The maximum Gasteiger partial charge on any atom is 0.254 e. The fraction of sp³-hybridized carbons (Fsp3) is 0.160. The van der Waals surface area contributed by atoms with Crippen molar-refractivity contribution >= 4 is 5.91 Å². The zero-order valence-electron chi connectivity index (χ0n) is 17.2. The van der Waals surface area contributed by atoms with Gasteiger partial charge in [0.1, 0.15) is 0 Å². The van der Waals surface area contributed by atoms with Crippen LogP contribution in [0.4, 0.5) is 0 Å². The third-order valence-electron chi connectivity index (χ3n) is 5.36. The molecular weight excluding hydrogens is 374 g/mol. The number of benzene rings is 3. The number of aromatic nitrogens is 2. The summed E-state index contributed by atoms with van der Waals surface area (Å²) in [6, 6.07) is 25.1. The molecule has 1 heterocycles. The van der Waals surface area contributed by atoms with Gasteiger partial charge < -0.3 is 9.32 Å². The average molecular weight is 397 g/mol. The quantitative estimate of drug-likeness (QED) is 0.443. The van der Waals surface area contributed by atoms with E-state index < -0.39 is 0 Å². The van der Waals surface area contributed by atoms with E-state index in [0.717, 1.165) is 22.3 Å². The summed E-state index contributed by atoms with van der Waals surface area (Å²) in [6.07, 6.45) is 0. The highest BCUT2D eigenvalue weighted by molar-refractivity contribution is 5.94. The van der Waals surface area contributed by atoms with Crippen LogP contribution >= 0.6 is 0 Å². The highest BCUT2D eigenvalue weighted by atomic mass is 16.4. The largest absolute Gasteiger partial charge is 0.416 e. The topological polar surface area (TPSA) is 59.2 Å². The summed E-state index contributed by atoms with van der Waals surface area (Å²) in [7, 11) is 1.82. The molecule has 30 heavy (non-hydrogen) atoms. The molecule has 0 aliphatic heterocycles. The molecule has 0 saturated heterocycles. The monoisotopic (exact) mass is 397 g/mol. The molecule has 4 rings (SSSR count). The Kier molecular flexibility index (Phi) is 5.44. The lowest BCUT2D eigenvalue weighted by Crippen LogP contribution is -2.29. The lowest BCUT2D eigenvalue weighted by molar-refractivity contribution is 0.0742. The number of hydrogen-bond acceptors (Lipinski definition) is 4. The Bertz CT molecular complexity index is 1150. The van der Waals surface area contributed by atoms with E-state index in [2.05, 4.69) is 10.2 Å². The van der Waals surface area contributed by atoms with Crippen LogP contribution in [0.25, 0.3) is 22.9 Å². The van der Waals surface area contributed by atoms with Crippen LogP contribution in [0.15, 0.2) is 83.3 Å². The molecule has 0 bridgehead atoms. The van der Waals surface area contributed by atoms with Gasteiger partial charge in [-0.15, -0.1) is 10.2 Å². The summed E-state index contributed by atoms with van der Waals surface area (Å²) >= 11 is 0. The molecule has 0 aliphatic carbocycles. The summed E-state index contributed by atoms with van der Waals surface area (Å²) in [5, 5.41) is 8.34. The lowest BCUT2D eigenvalue weighted by atomic mass is 10.1. The number of hydrogen-bond donors (Lipinski definition) is 0. The Hall–Kier alpha value is -3.73. The average Bonchev–Trinajstić information content (AvgIpc) is 3.28. The van der Waals surface area contributed by atoms with Crippen molar-refractivity contribution in [3.63, 3.8) is 0 Å². The first-order valence-electron chi connectivity index (χ1n) is 9.86. The predicted octanol–water partition coefficient (Wildman–Crippen LogP) is 5.55. The molecule has 0 saturated carbocycles. The van der Waals surface area contributed by atoms with Gasteiger partial charge in [0.05, 0.1) is 6.04 Å². The summed E-state index contributed by atoms with van der Waals surface area (Å²) in [4.78, 5) is 14.7. The molecule has 4 aromatic rings. The van der Waals surface area contributed by atoms with Crippen molar-refractivity contribution in [2.45, 2.75) is 19.9 Å². The van der Waals surface area contributed by atoms with E-state index in [1.165, 1.54) is 0 Å². The zero-order chi connectivity index (χ0) is 21.1. The second-order valence-electron chi connectivity index (χ2n) is 7.31. The first kappa shape index (κ1) is 19.6. The second kappa shape index (κ2) is 8.33. The first-order chi connectivity index (χ1) is 14.5.